The van der Waals surface area contributed by atoms with Crippen LogP contribution in [0.4, 0.5) is 0 Å². The van der Waals surface area contributed by atoms with Gasteiger partial charge in [-0.25, -0.2) is 4.98 Å². The van der Waals surface area contributed by atoms with Gasteiger partial charge in [-0.15, -0.1) is 0 Å². The van der Waals surface area contributed by atoms with Gasteiger partial charge in [-0.05, 0) is 38.1 Å². The first-order valence-electron chi connectivity index (χ1n) is 7.90. The third-order valence-electron chi connectivity index (χ3n) is 3.89. The zero-order chi connectivity index (χ0) is 17.1. The topological polar surface area (TPSA) is 66.1 Å². The van der Waals surface area contributed by atoms with Crippen LogP contribution in [0.2, 0.25) is 0 Å². The molecule has 0 atom stereocenters. The molecule has 1 amide bonds. The first-order chi connectivity index (χ1) is 11.6. The van der Waals surface area contributed by atoms with Crippen molar-refractivity contribution < 1.29 is 4.79 Å². The van der Waals surface area contributed by atoms with Gasteiger partial charge in [0.05, 0.1) is 17.4 Å². The number of fused-ring (bicyclic) bond motifs is 1. The molecular weight excluding hydrogens is 302 g/mol. The van der Waals surface area contributed by atoms with Crippen LogP contribution in [0.3, 0.4) is 0 Å². The van der Waals surface area contributed by atoms with Crippen molar-refractivity contribution in [2.75, 3.05) is 0 Å². The molecule has 0 unspecified atom stereocenters. The van der Waals surface area contributed by atoms with E-state index in [1.807, 2.05) is 38.1 Å². The fourth-order valence-electron chi connectivity index (χ4n) is 2.61. The fourth-order valence-corrected chi connectivity index (χ4v) is 2.61. The molecule has 0 bridgehead atoms. The summed E-state index contributed by atoms with van der Waals surface area (Å²) in [6.45, 7) is 4.14. The van der Waals surface area contributed by atoms with Crippen LogP contribution in [0.15, 0.2) is 59.4 Å². The maximum absolute atomic E-state index is 12.7. The van der Waals surface area contributed by atoms with Crippen molar-refractivity contribution >= 4 is 16.8 Å². The molecule has 2 aromatic carbocycles. The highest BCUT2D eigenvalue weighted by atomic mass is 16.2. The minimum atomic E-state index is -0.188. The molecule has 1 heterocycles. The first kappa shape index (κ1) is 15.9. The van der Waals surface area contributed by atoms with Gasteiger partial charge in [-0.1, -0.05) is 30.3 Å². The predicted molar refractivity (Wildman–Crippen MR) is 93.8 cm³/mol. The van der Waals surface area contributed by atoms with E-state index in [4.69, 9.17) is 0 Å². The van der Waals surface area contributed by atoms with Crippen molar-refractivity contribution in [3.05, 3.63) is 76.3 Å². The van der Waals surface area contributed by atoms with Gasteiger partial charge >= 0.3 is 0 Å². The second-order valence-corrected chi connectivity index (χ2v) is 5.92. The van der Waals surface area contributed by atoms with E-state index in [9.17, 15) is 9.59 Å². The molecule has 0 aliphatic carbocycles. The minimum absolute atomic E-state index is 0.0190. The first-order valence-corrected chi connectivity index (χ1v) is 7.90. The standard InChI is InChI=1S/C19H19N3O2/c1-13(2)22(19(24)14-8-4-3-5-9-14)12-17-20-16-11-7-6-10-15(16)18(23)21-17/h3-11,13H,12H2,1-2H3,(H,20,21,23). The summed E-state index contributed by atoms with van der Waals surface area (Å²) in [4.78, 5) is 33.9. The molecule has 24 heavy (non-hydrogen) atoms. The highest BCUT2D eigenvalue weighted by Crippen LogP contribution is 2.12. The van der Waals surface area contributed by atoms with Gasteiger partial charge in [0.2, 0.25) is 0 Å². The Morgan fingerprint density at radius 3 is 2.46 bits per heavy atom. The summed E-state index contributed by atoms with van der Waals surface area (Å²) in [5.74, 6) is 0.401. The van der Waals surface area contributed by atoms with E-state index in [0.717, 1.165) is 0 Å². The Kier molecular flexibility index (Phi) is 4.42. The number of H-pyrrole nitrogens is 1. The number of aromatic nitrogens is 2. The molecule has 0 aliphatic rings. The van der Waals surface area contributed by atoms with Crippen LogP contribution in [-0.2, 0) is 6.54 Å². The van der Waals surface area contributed by atoms with E-state index in [0.29, 0.717) is 22.3 Å². The van der Waals surface area contributed by atoms with Crippen LogP contribution >= 0.6 is 0 Å². The Morgan fingerprint density at radius 1 is 1.08 bits per heavy atom. The maximum atomic E-state index is 12.7. The molecule has 1 aromatic heterocycles. The lowest BCUT2D eigenvalue weighted by Gasteiger charge is -2.26. The van der Waals surface area contributed by atoms with Gasteiger partial charge < -0.3 is 9.88 Å². The smallest absolute Gasteiger partial charge is 0.258 e. The quantitative estimate of drug-likeness (QED) is 0.803. The molecular formula is C19H19N3O2. The zero-order valence-electron chi connectivity index (χ0n) is 13.7. The third-order valence-corrected chi connectivity index (χ3v) is 3.89. The van der Waals surface area contributed by atoms with E-state index >= 15 is 0 Å². The number of benzene rings is 2. The number of amides is 1. The SMILES string of the molecule is CC(C)N(Cc1nc2ccccc2c(=O)[nH]1)C(=O)c1ccccc1. The van der Waals surface area contributed by atoms with E-state index in [1.165, 1.54) is 0 Å². The number of aromatic amines is 1. The Morgan fingerprint density at radius 2 is 1.75 bits per heavy atom. The molecule has 5 nitrogen and oxygen atoms in total. The Labute approximate surface area is 140 Å². The number of nitrogens with one attached hydrogen (secondary N) is 1. The van der Waals surface area contributed by atoms with Crippen LogP contribution in [0, 0.1) is 0 Å². The van der Waals surface area contributed by atoms with Crippen molar-refractivity contribution in [1.29, 1.82) is 0 Å². The van der Waals surface area contributed by atoms with Crippen LogP contribution in [0.5, 0.6) is 0 Å². The largest absolute Gasteiger partial charge is 0.329 e. The summed E-state index contributed by atoms with van der Waals surface area (Å²) in [7, 11) is 0. The molecule has 0 aliphatic heterocycles. The van der Waals surface area contributed by atoms with Crippen LogP contribution in [-0.4, -0.2) is 26.8 Å². The van der Waals surface area contributed by atoms with Crippen LogP contribution in [0.25, 0.3) is 10.9 Å². The summed E-state index contributed by atoms with van der Waals surface area (Å²) in [6, 6.07) is 16.3. The number of carbonyl (C=O) groups is 1. The molecule has 122 valence electrons. The highest BCUT2D eigenvalue weighted by Gasteiger charge is 2.20. The van der Waals surface area contributed by atoms with Gasteiger partial charge in [0.1, 0.15) is 5.82 Å². The predicted octanol–water partition coefficient (Wildman–Crippen LogP) is 2.97. The number of para-hydroxylation sites is 1. The Bertz CT molecular complexity index is 917. The molecule has 0 saturated carbocycles. The van der Waals surface area contributed by atoms with Crippen molar-refractivity contribution in [2.45, 2.75) is 26.4 Å². The molecule has 0 fully saturated rings. The summed E-state index contributed by atoms with van der Waals surface area (Å²) >= 11 is 0. The lowest BCUT2D eigenvalue weighted by atomic mass is 10.1. The van der Waals surface area contributed by atoms with Gasteiger partial charge in [-0.2, -0.15) is 0 Å². The number of hydrogen-bond donors (Lipinski definition) is 1. The number of carbonyl (C=O) groups excluding carboxylic acids is 1. The number of nitrogens with zero attached hydrogens (tertiary/aromatic N) is 2. The van der Waals surface area contributed by atoms with E-state index in [2.05, 4.69) is 9.97 Å². The summed E-state index contributed by atoms with van der Waals surface area (Å²) < 4.78 is 0. The van der Waals surface area contributed by atoms with Gasteiger partial charge in [0.25, 0.3) is 11.5 Å². The number of hydrogen-bond acceptors (Lipinski definition) is 3. The second-order valence-electron chi connectivity index (χ2n) is 5.92. The van der Waals surface area contributed by atoms with Crippen molar-refractivity contribution in [3.8, 4) is 0 Å². The maximum Gasteiger partial charge on any atom is 0.258 e. The van der Waals surface area contributed by atoms with E-state index < -0.39 is 0 Å². The Balaban J connectivity index is 1.94. The average Bonchev–Trinajstić information content (AvgIpc) is 2.60. The highest BCUT2D eigenvalue weighted by molar-refractivity contribution is 5.94. The lowest BCUT2D eigenvalue weighted by molar-refractivity contribution is 0.0685. The summed E-state index contributed by atoms with van der Waals surface area (Å²) in [5.41, 5.74) is 1.06. The zero-order valence-corrected chi connectivity index (χ0v) is 13.7. The van der Waals surface area contributed by atoms with Gasteiger partial charge in [0, 0.05) is 11.6 Å². The fraction of sp³-hybridized carbons (Fsp3) is 0.211. The third kappa shape index (κ3) is 3.20. The second kappa shape index (κ2) is 6.66. The summed E-state index contributed by atoms with van der Waals surface area (Å²) in [6.07, 6.45) is 0. The molecule has 3 rings (SSSR count). The molecule has 5 heteroatoms. The normalized spacial score (nSPS) is 11.0. The monoisotopic (exact) mass is 321 g/mol. The average molecular weight is 321 g/mol. The lowest BCUT2D eigenvalue weighted by Crippen LogP contribution is -2.37. The van der Waals surface area contributed by atoms with E-state index in [-0.39, 0.29) is 24.1 Å². The molecule has 0 spiro atoms. The number of rotatable bonds is 4. The molecule has 3 aromatic rings. The molecule has 0 saturated heterocycles. The summed E-state index contributed by atoms with van der Waals surface area (Å²) in [5, 5.41) is 0.548. The van der Waals surface area contributed by atoms with Crippen molar-refractivity contribution in [2.24, 2.45) is 0 Å². The van der Waals surface area contributed by atoms with Crippen LogP contribution in [0.1, 0.15) is 30.0 Å². The van der Waals surface area contributed by atoms with Gasteiger partial charge in [0.15, 0.2) is 0 Å². The van der Waals surface area contributed by atoms with Crippen LogP contribution < -0.4 is 5.56 Å². The molecule has 0 radical (unpaired) electrons. The van der Waals surface area contributed by atoms with Crippen molar-refractivity contribution in [1.82, 2.24) is 14.9 Å². The van der Waals surface area contributed by atoms with Gasteiger partial charge in [-0.3, -0.25) is 9.59 Å². The minimum Gasteiger partial charge on any atom is -0.329 e. The van der Waals surface area contributed by atoms with Crippen molar-refractivity contribution in [3.63, 3.8) is 0 Å². The Hall–Kier alpha value is -2.95. The van der Waals surface area contributed by atoms with E-state index in [1.54, 1.807) is 35.2 Å². The molecule has 1 N–H and O–H groups in total.